The largest absolute Gasteiger partial charge is 0.376 e. The van der Waals surface area contributed by atoms with Crippen molar-refractivity contribution in [3.8, 4) is 6.07 Å². The molecule has 1 aromatic heterocycles. The van der Waals surface area contributed by atoms with Gasteiger partial charge in [-0.1, -0.05) is 17.7 Å². The van der Waals surface area contributed by atoms with Crippen LogP contribution in [0.25, 0.3) is 0 Å². The lowest BCUT2D eigenvalue weighted by Gasteiger charge is -2.12. The molecule has 102 valence electrons. The van der Waals surface area contributed by atoms with E-state index in [1.165, 1.54) is 10.7 Å². The molecule has 0 fully saturated rings. The zero-order chi connectivity index (χ0) is 14.7. The van der Waals surface area contributed by atoms with Crippen molar-refractivity contribution in [3.63, 3.8) is 0 Å². The van der Waals surface area contributed by atoms with Crippen LogP contribution in [0.2, 0.25) is 5.02 Å². The molecule has 0 aliphatic heterocycles. The highest BCUT2D eigenvalue weighted by Crippen LogP contribution is 2.18. The summed E-state index contributed by atoms with van der Waals surface area (Å²) in [6, 6.07) is 8.51. The van der Waals surface area contributed by atoms with E-state index in [9.17, 15) is 4.79 Å². The molecule has 0 amide bonds. The van der Waals surface area contributed by atoms with Crippen molar-refractivity contribution >= 4 is 17.3 Å². The second-order valence-corrected chi connectivity index (χ2v) is 4.93. The molecule has 6 heteroatoms. The Morgan fingerprint density at radius 3 is 2.70 bits per heavy atom. The van der Waals surface area contributed by atoms with Crippen molar-refractivity contribution in [3.05, 3.63) is 57.0 Å². The summed E-state index contributed by atoms with van der Waals surface area (Å²) < 4.78 is 1.33. The minimum absolute atomic E-state index is 0.198. The zero-order valence-corrected chi connectivity index (χ0v) is 11.9. The Morgan fingerprint density at radius 2 is 2.15 bits per heavy atom. The Labute approximate surface area is 121 Å². The maximum absolute atomic E-state index is 12.0. The molecule has 0 N–H and O–H groups in total. The van der Waals surface area contributed by atoms with Crippen molar-refractivity contribution in [2.45, 2.75) is 6.54 Å². The molecule has 0 bridgehead atoms. The van der Waals surface area contributed by atoms with Crippen molar-refractivity contribution in [1.29, 1.82) is 5.26 Å². The van der Waals surface area contributed by atoms with Crippen LogP contribution in [-0.4, -0.2) is 23.9 Å². The first-order chi connectivity index (χ1) is 9.51. The second-order valence-electron chi connectivity index (χ2n) is 4.52. The van der Waals surface area contributed by atoms with Gasteiger partial charge in [-0.25, -0.2) is 4.68 Å². The minimum Gasteiger partial charge on any atom is -0.376 e. The molecular weight excluding hydrogens is 276 g/mol. The van der Waals surface area contributed by atoms with Crippen molar-refractivity contribution in [2.24, 2.45) is 0 Å². The summed E-state index contributed by atoms with van der Waals surface area (Å²) in [5.74, 6) is 0. The van der Waals surface area contributed by atoms with Gasteiger partial charge in [0.25, 0.3) is 5.56 Å². The van der Waals surface area contributed by atoms with Crippen LogP contribution in [0.1, 0.15) is 11.1 Å². The molecular formula is C14H13ClN4O. The lowest BCUT2D eigenvalue weighted by Crippen LogP contribution is -2.24. The lowest BCUT2D eigenvalue weighted by atomic mass is 10.1. The van der Waals surface area contributed by atoms with Crippen LogP contribution in [-0.2, 0) is 6.54 Å². The molecule has 0 saturated heterocycles. The summed E-state index contributed by atoms with van der Waals surface area (Å²) in [4.78, 5) is 13.8. The van der Waals surface area contributed by atoms with Gasteiger partial charge >= 0.3 is 0 Å². The predicted molar refractivity (Wildman–Crippen MR) is 78.1 cm³/mol. The molecule has 0 radical (unpaired) electrons. The standard InChI is InChI=1S/C14H13ClN4O/c1-18(2)12-6-14(20)19(17-8-12)9-11-4-3-10(7-16)5-13(11)15/h3-6,8H,9H2,1-2H3. The first kappa shape index (κ1) is 14.1. The lowest BCUT2D eigenvalue weighted by molar-refractivity contribution is 0.638. The molecule has 0 aliphatic rings. The van der Waals surface area contributed by atoms with E-state index in [-0.39, 0.29) is 12.1 Å². The Hall–Kier alpha value is -2.32. The smallest absolute Gasteiger partial charge is 0.269 e. The van der Waals surface area contributed by atoms with Crippen LogP contribution in [0.15, 0.2) is 35.3 Å². The Balaban J connectivity index is 2.31. The predicted octanol–water partition coefficient (Wildman–Crippen LogP) is 1.88. The number of anilines is 1. The van der Waals surface area contributed by atoms with Crippen LogP contribution >= 0.6 is 11.6 Å². The summed E-state index contributed by atoms with van der Waals surface area (Å²) in [7, 11) is 3.69. The fourth-order valence-corrected chi connectivity index (χ4v) is 1.93. The summed E-state index contributed by atoms with van der Waals surface area (Å²) in [6.07, 6.45) is 1.62. The molecule has 0 atom stereocenters. The molecule has 0 aliphatic carbocycles. The molecule has 1 aromatic carbocycles. The molecule has 0 saturated carbocycles. The average Bonchev–Trinajstić information content (AvgIpc) is 2.42. The van der Waals surface area contributed by atoms with Gasteiger partial charge in [-0.15, -0.1) is 0 Å². The molecule has 2 aromatic rings. The molecule has 0 unspecified atom stereocenters. The van der Waals surface area contributed by atoms with Crippen molar-refractivity contribution in [1.82, 2.24) is 9.78 Å². The van der Waals surface area contributed by atoms with E-state index < -0.39 is 0 Å². The quantitative estimate of drug-likeness (QED) is 0.865. The molecule has 5 nitrogen and oxygen atoms in total. The number of nitrogens with zero attached hydrogens (tertiary/aromatic N) is 4. The highest BCUT2D eigenvalue weighted by Gasteiger charge is 2.06. The van der Waals surface area contributed by atoms with Gasteiger partial charge in [0.2, 0.25) is 0 Å². The number of nitriles is 1. The minimum atomic E-state index is -0.198. The third-order valence-corrected chi connectivity index (χ3v) is 3.23. The summed E-state index contributed by atoms with van der Waals surface area (Å²) in [5, 5.41) is 13.4. The van der Waals surface area contributed by atoms with Gasteiger partial charge in [-0.05, 0) is 17.7 Å². The van der Waals surface area contributed by atoms with E-state index in [0.717, 1.165) is 11.3 Å². The van der Waals surface area contributed by atoms with E-state index in [1.54, 1.807) is 24.4 Å². The average molecular weight is 289 g/mol. The number of benzene rings is 1. The van der Waals surface area contributed by atoms with E-state index in [1.807, 2.05) is 25.1 Å². The maximum Gasteiger partial charge on any atom is 0.269 e. The van der Waals surface area contributed by atoms with E-state index >= 15 is 0 Å². The molecule has 2 rings (SSSR count). The number of aromatic nitrogens is 2. The van der Waals surface area contributed by atoms with Crippen molar-refractivity contribution < 1.29 is 0 Å². The maximum atomic E-state index is 12.0. The third-order valence-electron chi connectivity index (χ3n) is 2.87. The van der Waals surface area contributed by atoms with Crippen molar-refractivity contribution in [2.75, 3.05) is 19.0 Å². The normalized spacial score (nSPS) is 10.1. The van der Waals surface area contributed by atoms with Crippen LogP contribution in [0.5, 0.6) is 0 Å². The summed E-state index contributed by atoms with van der Waals surface area (Å²) in [5.41, 5.74) is 1.79. The number of hydrogen-bond acceptors (Lipinski definition) is 4. The Morgan fingerprint density at radius 1 is 1.40 bits per heavy atom. The fourth-order valence-electron chi connectivity index (χ4n) is 1.69. The van der Waals surface area contributed by atoms with Gasteiger partial charge in [0.15, 0.2) is 0 Å². The van der Waals surface area contributed by atoms with Crippen LogP contribution in [0.3, 0.4) is 0 Å². The first-order valence-electron chi connectivity index (χ1n) is 5.94. The van der Waals surface area contributed by atoms with E-state index in [0.29, 0.717) is 10.6 Å². The van der Waals surface area contributed by atoms with Crippen LogP contribution < -0.4 is 10.5 Å². The van der Waals surface area contributed by atoms with Gasteiger partial charge in [0.05, 0.1) is 30.1 Å². The van der Waals surface area contributed by atoms with E-state index in [4.69, 9.17) is 16.9 Å². The molecule has 0 spiro atoms. The Bertz CT molecular complexity index is 731. The van der Waals surface area contributed by atoms with Crippen LogP contribution in [0, 0.1) is 11.3 Å². The fraction of sp³-hybridized carbons (Fsp3) is 0.214. The first-order valence-corrected chi connectivity index (χ1v) is 6.32. The number of hydrogen-bond donors (Lipinski definition) is 0. The number of rotatable bonds is 3. The second kappa shape index (κ2) is 5.76. The van der Waals surface area contributed by atoms with Gasteiger partial charge in [-0.3, -0.25) is 4.79 Å². The topological polar surface area (TPSA) is 61.9 Å². The highest BCUT2D eigenvalue weighted by atomic mass is 35.5. The molecule has 20 heavy (non-hydrogen) atoms. The van der Waals surface area contributed by atoms with E-state index in [2.05, 4.69) is 5.10 Å². The Kier molecular flexibility index (Phi) is 4.06. The van der Waals surface area contributed by atoms with Crippen LogP contribution in [0.4, 0.5) is 5.69 Å². The van der Waals surface area contributed by atoms with Gasteiger partial charge in [0.1, 0.15) is 0 Å². The SMILES string of the molecule is CN(C)c1cnn(Cc2ccc(C#N)cc2Cl)c(=O)c1. The number of halogens is 1. The summed E-state index contributed by atoms with van der Waals surface area (Å²) >= 11 is 6.09. The highest BCUT2D eigenvalue weighted by molar-refractivity contribution is 6.31. The zero-order valence-electron chi connectivity index (χ0n) is 11.2. The third kappa shape index (κ3) is 2.98. The van der Waals surface area contributed by atoms with Gasteiger partial charge in [-0.2, -0.15) is 10.4 Å². The van der Waals surface area contributed by atoms with Gasteiger partial charge < -0.3 is 4.90 Å². The summed E-state index contributed by atoms with van der Waals surface area (Å²) in [6.45, 7) is 0.275. The monoisotopic (exact) mass is 288 g/mol. The molecule has 1 heterocycles. The van der Waals surface area contributed by atoms with Gasteiger partial charge in [0, 0.05) is 25.2 Å².